The third kappa shape index (κ3) is 2.87. The summed E-state index contributed by atoms with van der Waals surface area (Å²) in [6.45, 7) is 0.619. The second-order valence-electron chi connectivity index (χ2n) is 8.60. The van der Waals surface area contributed by atoms with Crippen LogP contribution in [0.4, 0.5) is 14.6 Å². The van der Waals surface area contributed by atoms with E-state index < -0.39 is 11.6 Å². The van der Waals surface area contributed by atoms with Gasteiger partial charge in [-0.1, -0.05) is 17.7 Å². The molecule has 0 radical (unpaired) electrons. The van der Waals surface area contributed by atoms with Crippen molar-refractivity contribution in [2.24, 2.45) is 11.3 Å². The first kappa shape index (κ1) is 19.5. The van der Waals surface area contributed by atoms with Gasteiger partial charge in [0.2, 0.25) is 0 Å². The Bertz CT molecular complexity index is 1220. The molecular formula is C22H17ClF2N6O. The van der Waals surface area contributed by atoms with E-state index in [4.69, 9.17) is 11.6 Å². The fourth-order valence-corrected chi connectivity index (χ4v) is 5.56. The van der Waals surface area contributed by atoms with E-state index in [2.05, 4.69) is 25.3 Å². The first-order valence-electron chi connectivity index (χ1n) is 10.3. The van der Waals surface area contributed by atoms with Crippen molar-refractivity contribution in [3.63, 3.8) is 0 Å². The molecule has 2 aliphatic carbocycles. The molecule has 1 N–H and O–H groups in total. The Kier molecular flexibility index (Phi) is 4.20. The number of likely N-dealkylation sites (tertiary alicyclic amines) is 1. The number of hydrogen-bond donors (Lipinski definition) is 1. The molecule has 3 heterocycles. The lowest BCUT2D eigenvalue weighted by Gasteiger charge is -2.48. The highest BCUT2D eigenvalue weighted by atomic mass is 35.5. The maximum Gasteiger partial charge on any atom is 0.255 e. The van der Waals surface area contributed by atoms with Gasteiger partial charge in [0.25, 0.3) is 5.91 Å². The molecule has 1 amide bonds. The lowest BCUT2D eigenvalue weighted by molar-refractivity contribution is 0.0472. The normalized spacial score (nSPS) is 27.3. The van der Waals surface area contributed by atoms with Gasteiger partial charge in [-0.3, -0.25) is 4.79 Å². The molecule has 1 spiro atoms. The van der Waals surface area contributed by atoms with Crippen molar-refractivity contribution < 1.29 is 13.6 Å². The molecule has 2 saturated carbocycles. The lowest BCUT2D eigenvalue weighted by Crippen LogP contribution is -2.60. The van der Waals surface area contributed by atoms with E-state index in [9.17, 15) is 13.6 Å². The third-order valence-electron chi connectivity index (χ3n) is 6.90. The summed E-state index contributed by atoms with van der Waals surface area (Å²) in [7, 11) is 0. The van der Waals surface area contributed by atoms with E-state index in [0.29, 0.717) is 23.4 Å². The van der Waals surface area contributed by atoms with Crippen LogP contribution in [-0.4, -0.2) is 49.4 Å². The zero-order valence-corrected chi connectivity index (χ0v) is 17.4. The van der Waals surface area contributed by atoms with Crippen LogP contribution in [0.5, 0.6) is 0 Å². The molecule has 162 valence electrons. The summed E-state index contributed by atoms with van der Waals surface area (Å²) >= 11 is 5.82. The van der Waals surface area contributed by atoms with E-state index in [1.807, 2.05) is 4.90 Å². The number of hydrogen-bond acceptors (Lipinski definition) is 6. The number of carbonyl (C=O) groups excluding carboxylic acids is 1. The molecule has 1 aliphatic heterocycles. The first-order valence-corrected chi connectivity index (χ1v) is 10.7. The molecule has 2 aromatic heterocycles. The molecule has 4 unspecified atom stereocenters. The fraction of sp³-hybridized carbons (Fsp3) is 0.318. The van der Waals surface area contributed by atoms with Crippen LogP contribution in [-0.2, 0) is 0 Å². The molecule has 7 nitrogen and oxygen atoms in total. The van der Waals surface area contributed by atoms with E-state index in [0.717, 1.165) is 25.2 Å². The number of aromatic nitrogens is 4. The maximum absolute atomic E-state index is 14.8. The highest BCUT2D eigenvalue weighted by molar-refractivity contribution is 6.29. The Morgan fingerprint density at radius 1 is 1.09 bits per heavy atom. The minimum Gasteiger partial charge on any atom is -0.364 e. The smallest absolute Gasteiger partial charge is 0.255 e. The summed E-state index contributed by atoms with van der Waals surface area (Å²) in [5.74, 6) is -0.513. The van der Waals surface area contributed by atoms with Crippen LogP contribution in [0.1, 0.15) is 23.2 Å². The molecule has 3 fully saturated rings. The van der Waals surface area contributed by atoms with Gasteiger partial charge >= 0.3 is 0 Å². The highest BCUT2D eigenvalue weighted by Gasteiger charge is 2.75. The van der Waals surface area contributed by atoms with Gasteiger partial charge in [-0.2, -0.15) is 0 Å². The predicted octanol–water partition coefficient (Wildman–Crippen LogP) is 3.58. The van der Waals surface area contributed by atoms with Gasteiger partial charge in [-0.05, 0) is 36.3 Å². The van der Waals surface area contributed by atoms with Gasteiger partial charge in [0, 0.05) is 12.6 Å². The van der Waals surface area contributed by atoms with Crippen LogP contribution >= 0.6 is 11.6 Å². The Labute approximate surface area is 186 Å². The molecule has 4 atom stereocenters. The average molecular weight is 455 g/mol. The number of rotatable bonds is 4. The van der Waals surface area contributed by atoms with Crippen molar-refractivity contribution in [1.82, 2.24) is 24.8 Å². The molecule has 10 heteroatoms. The summed E-state index contributed by atoms with van der Waals surface area (Å²) in [5, 5.41) is 3.67. The summed E-state index contributed by atoms with van der Waals surface area (Å²) in [4.78, 5) is 31.5. The van der Waals surface area contributed by atoms with Crippen molar-refractivity contribution in [2.45, 2.75) is 24.9 Å². The van der Waals surface area contributed by atoms with Crippen LogP contribution < -0.4 is 5.32 Å². The molecular weight excluding hydrogens is 438 g/mol. The summed E-state index contributed by atoms with van der Waals surface area (Å²) < 4.78 is 28.1. The first-order chi connectivity index (χ1) is 15.5. The van der Waals surface area contributed by atoms with Crippen LogP contribution in [0, 0.1) is 23.0 Å². The quantitative estimate of drug-likeness (QED) is 0.648. The largest absolute Gasteiger partial charge is 0.364 e. The molecule has 3 aromatic rings. The lowest BCUT2D eigenvalue weighted by atomic mass is 9.71. The van der Waals surface area contributed by atoms with E-state index in [1.165, 1.54) is 18.3 Å². The number of nitrogens with zero attached hydrogens (tertiary/aromatic N) is 5. The number of carbonyl (C=O) groups is 1. The second-order valence-corrected chi connectivity index (χ2v) is 8.99. The van der Waals surface area contributed by atoms with Gasteiger partial charge in [-0.25, -0.2) is 28.7 Å². The Morgan fingerprint density at radius 2 is 1.91 bits per heavy atom. The van der Waals surface area contributed by atoms with Gasteiger partial charge < -0.3 is 10.2 Å². The average Bonchev–Trinajstić information content (AvgIpc) is 3.43. The van der Waals surface area contributed by atoms with E-state index in [-0.39, 0.29) is 40.4 Å². The zero-order chi connectivity index (χ0) is 22.0. The van der Waals surface area contributed by atoms with Crippen LogP contribution in [0.2, 0.25) is 5.15 Å². The van der Waals surface area contributed by atoms with Crippen molar-refractivity contribution in [3.8, 4) is 11.4 Å². The highest BCUT2D eigenvalue weighted by Crippen LogP contribution is 2.71. The molecule has 32 heavy (non-hydrogen) atoms. The number of benzene rings is 1. The Balaban J connectivity index is 1.31. The summed E-state index contributed by atoms with van der Waals surface area (Å²) in [6, 6.07) is 4.29. The standard InChI is InChI=1S/C22H17ClF2N6O/c23-16-8-27-17(9-26-16)30-15-5-22-4-11(22)10-31(19(15)22)21(32)13-2-1-3-14(25)18(13)20-28-6-12(24)7-29-20/h1-3,6-9,11,15,19H,4-5,10H2,(H,27,30). The minimum atomic E-state index is -0.631. The van der Waals surface area contributed by atoms with Gasteiger partial charge in [0.1, 0.15) is 16.8 Å². The molecule has 0 bridgehead atoms. The number of amides is 1. The maximum atomic E-state index is 14.8. The van der Waals surface area contributed by atoms with Crippen LogP contribution in [0.3, 0.4) is 0 Å². The van der Waals surface area contributed by atoms with Crippen molar-refractivity contribution in [2.75, 3.05) is 11.9 Å². The number of piperidine rings is 1. The Hall–Kier alpha value is -3.20. The van der Waals surface area contributed by atoms with Crippen molar-refractivity contribution in [3.05, 3.63) is 65.3 Å². The fourth-order valence-electron chi connectivity index (χ4n) is 5.46. The predicted molar refractivity (Wildman–Crippen MR) is 112 cm³/mol. The molecule has 1 aromatic carbocycles. The minimum absolute atomic E-state index is 0.0143. The van der Waals surface area contributed by atoms with Crippen molar-refractivity contribution >= 4 is 23.3 Å². The van der Waals surface area contributed by atoms with Crippen LogP contribution in [0.15, 0.2) is 43.0 Å². The number of anilines is 1. The van der Waals surface area contributed by atoms with E-state index >= 15 is 0 Å². The molecule has 6 rings (SSSR count). The summed E-state index contributed by atoms with van der Waals surface area (Å²) in [5.41, 5.74) is 0.275. The van der Waals surface area contributed by atoms with Crippen molar-refractivity contribution in [1.29, 1.82) is 0 Å². The van der Waals surface area contributed by atoms with Gasteiger partial charge in [-0.15, -0.1) is 0 Å². The van der Waals surface area contributed by atoms with Crippen LogP contribution in [0.25, 0.3) is 11.4 Å². The number of halogens is 3. The second kappa shape index (κ2) is 6.90. The Morgan fingerprint density at radius 3 is 2.66 bits per heavy atom. The number of nitrogens with one attached hydrogen (secondary N) is 1. The topological polar surface area (TPSA) is 83.9 Å². The monoisotopic (exact) mass is 454 g/mol. The van der Waals surface area contributed by atoms with E-state index in [1.54, 1.807) is 12.3 Å². The third-order valence-corrected chi connectivity index (χ3v) is 7.10. The zero-order valence-electron chi connectivity index (χ0n) is 16.7. The SMILES string of the molecule is O=C(c1cccc(F)c1-c1ncc(F)cn1)N1CC2CC23CC(Nc2cnc(Cl)cn2)C13. The molecule has 1 saturated heterocycles. The summed E-state index contributed by atoms with van der Waals surface area (Å²) in [6.07, 6.45) is 6.98. The van der Waals surface area contributed by atoms with Gasteiger partial charge in [0.15, 0.2) is 11.6 Å². The van der Waals surface area contributed by atoms with Gasteiger partial charge in [0.05, 0.1) is 42.0 Å². The molecule has 3 aliphatic rings.